The van der Waals surface area contributed by atoms with Gasteiger partial charge < -0.3 is 9.30 Å². The Morgan fingerprint density at radius 2 is 2.17 bits per heavy atom. The minimum absolute atomic E-state index is 0.375. The molecule has 0 heterocycles. The van der Waals surface area contributed by atoms with Crippen molar-refractivity contribution < 1.29 is 14.1 Å². The molecule has 18 heavy (non-hydrogen) atoms. The molecule has 4 heteroatoms. The Balaban J connectivity index is 2.20. The average molecular weight is 266 g/mol. The van der Waals surface area contributed by atoms with E-state index in [2.05, 4.69) is 4.74 Å². The van der Waals surface area contributed by atoms with Crippen LogP contribution in [0.1, 0.15) is 29.6 Å². The van der Waals surface area contributed by atoms with E-state index in [1.165, 1.54) is 26.4 Å². The summed E-state index contributed by atoms with van der Waals surface area (Å²) >= 11 is 0. The van der Waals surface area contributed by atoms with Gasteiger partial charge in [-0.15, -0.1) is 0 Å². The summed E-state index contributed by atoms with van der Waals surface area (Å²) in [5.41, 5.74) is 0.477. The van der Waals surface area contributed by atoms with Gasteiger partial charge in [0.25, 0.3) is 0 Å². The number of hydrogen-bond donors (Lipinski definition) is 0. The molecular weight excluding hydrogens is 247 g/mol. The molecule has 1 unspecified atom stereocenters. The number of methoxy groups -OCH3 is 1. The summed E-state index contributed by atoms with van der Waals surface area (Å²) < 4.78 is 17.4. The van der Waals surface area contributed by atoms with Crippen LogP contribution < -0.4 is 5.30 Å². The van der Waals surface area contributed by atoms with E-state index in [4.69, 9.17) is 0 Å². The molecule has 1 saturated carbocycles. The molecule has 0 amide bonds. The van der Waals surface area contributed by atoms with Gasteiger partial charge in [-0.1, -0.05) is 18.6 Å². The summed E-state index contributed by atoms with van der Waals surface area (Å²) in [4.78, 5) is 11.5. The summed E-state index contributed by atoms with van der Waals surface area (Å²) in [5.74, 6) is 0.225. The first-order valence-corrected chi connectivity index (χ1v) is 8.62. The molecule has 1 aromatic rings. The Hall–Kier alpha value is -1.08. The van der Waals surface area contributed by atoms with Crippen LogP contribution in [0.5, 0.6) is 0 Å². The molecule has 1 aliphatic rings. The van der Waals surface area contributed by atoms with Crippen molar-refractivity contribution >= 4 is 18.4 Å². The topological polar surface area (TPSA) is 43.4 Å². The van der Waals surface area contributed by atoms with Crippen LogP contribution in [-0.4, -0.2) is 25.9 Å². The fraction of sp³-hybridized carbons (Fsp3) is 0.500. The molecule has 0 N–H and O–H groups in total. The average Bonchev–Trinajstić information content (AvgIpc) is 2.33. The van der Waals surface area contributed by atoms with Gasteiger partial charge in [-0.25, -0.2) is 4.79 Å². The fourth-order valence-electron chi connectivity index (χ4n) is 2.32. The van der Waals surface area contributed by atoms with E-state index in [1.807, 2.05) is 12.7 Å². The maximum absolute atomic E-state index is 12.7. The van der Waals surface area contributed by atoms with Gasteiger partial charge in [-0.2, -0.15) is 0 Å². The minimum atomic E-state index is -2.35. The van der Waals surface area contributed by atoms with Gasteiger partial charge >= 0.3 is 5.97 Å². The smallest absolute Gasteiger partial charge is 0.337 e. The van der Waals surface area contributed by atoms with Gasteiger partial charge in [-0.05, 0) is 37.6 Å². The molecule has 2 rings (SSSR count). The highest BCUT2D eigenvalue weighted by atomic mass is 31.2. The Labute approximate surface area is 108 Å². The minimum Gasteiger partial charge on any atom is -0.465 e. The number of benzene rings is 1. The van der Waals surface area contributed by atoms with E-state index in [9.17, 15) is 9.36 Å². The molecule has 3 nitrogen and oxygen atoms in total. The van der Waals surface area contributed by atoms with Gasteiger partial charge in [0.05, 0.1) is 12.7 Å². The maximum atomic E-state index is 12.7. The first-order valence-electron chi connectivity index (χ1n) is 6.28. The highest BCUT2D eigenvalue weighted by Crippen LogP contribution is 2.46. The van der Waals surface area contributed by atoms with Crippen molar-refractivity contribution in [3.63, 3.8) is 0 Å². The molecule has 1 aromatic carbocycles. The lowest BCUT2D eigenvalue weighted by molar-refractivity contribution is 0.0601. The standard InChI is InChI=1S/C14H19O3P/c1-17-14(15)12-7-4-8-13(9-12)18(2,16)10-11-5-3-6-11/h4,7-9,11H,3,5-6,10H2,1-2H3. The summed E-state index contributed by atoms with van der Waals surface area (Å²) in [5, 5.41) is 0.789. The van der Waals surface area contributed by atoms with Crippen LogP contribution in [-0.2, 0) is 9.30 Å². The summed E-state index contributed by atoms with van der Waals surface area (Å²) in [6.07, 6.45) is 4.40. The second-order valence-electron chi connectivity index (χ2n) is 5.12. The zero-order valence-corrected chi connectivity index (χ0v) is 11.8. The van der Waals surface area contributed by atoms with E-state index < -0.39 is 7.14 Å². The number of ether oxygens (including phenoxy) is 1. The van der Waals surface area contributed by atoms with Gasteiger partial charge in [0.15, 0.2) is 0 Å². The third-order valence-corrected chi connectivity index (χ3v) is 6.23. The molecule has 1 atom stereocenters. The maximum Gasteiger partial charge on any atom is 0.337 e. The van der Waals surface area contributed by atoms with Crippen LogP contribution >= 0.6 is 7.14 Å². The normalized spacial score (nSPS) is 18.8. The van der Waals surface area contributed by atoms with E-state index in [-0.39, 0.29) is 5.97 Å². The Kier molecular flexibility index (Phi) is 3.91. The molecule has 1 aliphatic carbocycles. The lowest BCUT2D eigenvalue weighted by Crippen LogP contribution is -2.20. The third-order valence-electron chi connectivity index (χ3n) is 3.64. The van der Waals surface area contributed by atoms with Crippen LogP contribution in [0, 0.1) is 5.92 Å². The largest absolute Gasteiger partial charge is 0.465 e. The molecule has 98 valence electrons. The van der Waals surface area contributed by atoms with Crippen LogP contribution in [0.25, 0.3) is 0 Å². The van der Waals surface area contributed by atoms with Crippen molar-refractivity contribution in [3.05, 3.63) is 29.8 Å². The van der Waals surface area contributed by atoms with E-state index >= 15 is 0 Å². The lowest BCUT2D eigenvalue weighted by atomic mass is 9.87. The molecule has 0 aliphatic heterocycles. The molecule has 1 fully saturated rings. The zero-order valence-electron chi connectivity index (χ0n) is 10.9. The van der Waals surface area contributed by atoms with Crippen molar-refractivity contribution in [2.75, 3.05) is 19.9 Å². The summed E-state index contributed by atoms with van der Waals surface area (Å²) in [7, 11) is -0.995. The van der Waals surface area contributed by atoms with Crippen molar-refractivity contribution in [3.8, 4) is 0 Å². The van der Waals surface area contributed by atoms with Crippen molar-refractivity contribution in [2.45, 2.75) is 19.3 Å². The second kappa shape index (κ2) is 5.27. The highest BCUT2D eigenvalue weighted by Gasteiger charge is 2.28. The SMILES string of the molecule is COC(=O)c1cccc(P(C)(=O)CC2CCC2)c1. The first-order chi connectivity index (χ1) is 8.53. The Morgan fingerprint density at radius 3 is 2.72 bits per heavy atom. The molecule has 0 bridgehead atoms. The summed E-state index contributed by atoms with van der Waals surface area (Å²) in [6, 6.07) is 7.04. The number of esters is 1. The van der Waals surface area contributed by atoms with E-state index in [1.54, 1.807) is 18.2 Å². The number of carbonyl (C=O) groups excluding carboxylic acids is 1. The monoisotopic (exact) mass is 266 g/mol. The van der Waals surface area contributed by atoms with Gasteiger partial charge in [0.1, 0.15) is 7.14 Å². The number of rotatable bonds is 4. The third kappa shape index (κ3) is 2.84. The Morgan fingerprint density at radius 1 is 1.44 bits per heavy atom. The first kappa shape index (κ1) is 13.4. The van der Waals surface area contributed by atoms with Crippen LogP contribution in [0.4, 0.5) is 0 Å². The van der Waals surface area contributed by atoms with Crippen LogP contribution in [0.15, 0.2) is 24.3 Å². The van der Waals surface area contributed by atoms with Crippen molar-refractivity contribution in [1.29, 1.82) is 0 Å². The van der Waals surface area contributed by atoms with E-state index in [0.717, 1.165) is 11.5 Å². The molecular formula is C14H19O3P. The van der Waals surface area contributed by atoms with Crippen LogP contribution in [0.2, 0.25) is 0 Å². The molecule has 0 radical (unpaired) electrons. The van der Waals surface area contributed by atoms with E-state index in [0.29, 0.717) is 11.5 Å². The van der Waals surface area contributed by atoms with Gasteiger partial charge in [0.2, 0.25) is 0 Å². The Bertz CT molecular complexity index is 492. The van der Waals surface area contributed by atoms with Crippen molar-refractivity contribution in [2.24, 2.45) is 5.92 Å². The molecule has 0 aromatic heterocycles. The van der Waals surface area contributed by atoms with Crippen molar-refractivity contribution in [1.82, 2.24) is 0 Å². The number of carbonyl (C=O) groups is 1. The molecule has 0 saturated heterocycles. The second-order valence-corrected chi connectivity index (χ2v) is 8.21. The lowest BCUT2D eigenvalue weighted by Gasteiger charge is -2.28. The summed E-state index contributed by atoms with van der Waals surface area (Å²) in [6.45, 7) is 1.82. The van der Waals surface area contributed by atoms with Gasteiger partial charge in [0, 0.05) is 11.5 Å². The predicted molar refractivity (Wildman–Crippen MR) is 73.2 cm³/mol. The fourth-order valence-corrected chi connectivity index (χ4v) is 4.69. The van der Waals surface area contributed by atoms with Crippen LogP contribution in [0.3, 0.4) is 0 Å². The quantitative estimate of drug-likeness (QED) is 0.621. The number of hydrogen-bond acceptors (Lipinski definition) is 3. The zero-order chi connectivity index (χ0) is 13.2. The highest BCUT2D eigenvalue weighted by molar-refractivity contribution is 7.70. The molecule has 0 spiro atoms. The predicted octanol–water partition coefficient (Wildman–Crippen LogP) is 2.89. The van der Waals surface area contributed by atoms with Gasteiger partial charge in [-0.3, -0.25) is 0 Å².